The first-order valence-corrected chi connectivity index (χ1v) is 5.05. The van der Waals surface area contributed by atoms with Gasteiger partial charge in [-0.1, -0.05) is 32.0 Å². The molecular formula is C12H15NO. The van der Waals surface area contributed by atoms with Crippen LogP contribution in [0.5, 0.6) is 0 Å². The summed E-state index contributed by atoms with van der Waals surface area (Å²) in [5.41, 5.74) is 1.99. The summed E-state index contributed by atoms with van der Waals surface area (Å²) in [6.07, 6.45) is 1.73. The topological polar surface area (TPSA) is 29.1 Å². The van der Waals surface area contributed by atoms with Crippen molar-refractivity contribution in [2.24, 2.45) is 5.41 Å². The quantitative estimate of drug-likeness (QED) is 0.722. The molecule has 1 aliphatic heterocycles. The molecule has 1 amide bonds. The number of benzene rings is 1. The van der Waals surface area contributed by atoms with Gasteiger partial charge in [0.2, 0.25) is 5.91 Å². The Morgan fingerprint density at radius 3 is 2.86 bits per heavy atom. The monoisotopic (exact) mass is 189 g/mol. The van der Waals surface area contributed by atoms with Gasteiger partial charge in [0.05, 0.1) is 5.41 Å². The number of hydrogen-bond acceptors (Lipinski definition) is 1. The fourth-order valence-electron chi connectivity index (χ4n) is 1.86. The van der Waals surface area contributed by atoms with Crippen molar-refractivity contribution >= 4 is 11.6 Å². The predicted octanol–water partition coefficient (Wildman–Crippen LogP) is 2.60. The maximum atomic E-state index is 11.8. The average Bonchev–Trinajstić information content (AvgIpc) is 2.20. The molecule has 2 heteroatoms. The fraction of sp³-hybridized carbons (Fsp3) is 0.417. The molecule has 0 radical (unpaired) electrons. The van der Waals surface area contributed by atoms with Crippen LogP contribution in [0.3, 0.4) is 0 Å². The average molecular weight is 189 g/mol. The van der Waals surface area contributed by atoms with Crippen LogP contribution < -0.4 is 5.32 Å². The number of fused-ring (bicyclic) bond motifs is 1. The normalized spacial score (nSPS) is 25.4. The van der Waals surface area contributed by atoms with Gasteiger partial charge in [-0.25, -0.2) is 0 Å². The molecule has 0 aromatic heterocycles. The van der Waals surface area contributed by atoms with Crippen molar-refractivity contribution in [3.8, 4) is 0 Å². The zero-order valence-corrected chi connectivity index (χ0v) is 8.63. The van der Waals surface area contributed by atoms with Gasteiger partial charge in [-0.05, 0) is 24.5 Å². The van der Waals surface area contributed by atoms with E-state index in [-0.39, 0.29) is 11.3 Å². The van der Waals surface area contributed by atoms with Gasteiger partial charge in [0.15, 0.2) is 0 Å². The van der Waals surface area contributed by atoms with Gasteiger partial charge in [0.1, 0.15) is 0 Å². The third-order valence-electron chi connectivity index (χ3n) is 3.17. The Bertz CT molecular complexity index is 372. The largest absolute Gasteiger partial charge is 0.325 e. The summed E-state index contributed by atoms with van der Waals surface area (Å²) < 4.78 is 0. The van der Waals surface area contributed by atoms with E-state index in [4.69, 9.17) is 0 Å². The van der Waals surface area contributed by atoms with E-state index in [1.807, 2.05) is 25.1 Å². The van der Waals surface area contributed by atoms with E-state index in [1.165, 1.54) is 5.56 Å². The van der Waals surface area contributed by atoms with E-state index in [2.05, 4.69) is 18.3 Å². The second kappa shape index (κ2) is 3.12. The second-order valence-electron chi connectivity index (χ2n) is 4.20. The number of carbonyl (C=O) groups excluding carboxylic acids is 1. The summed E-state index contributed by atoms with van der Waals surface area (Å²) in [7, 11) is 0. The molecular weight excluding hydrogens is 174 g/mol. The summed E-state index contributed by atoms with van der Waals surface area (Å²) in [5.74, 6) is 0.152. The molecule has 0 spiro atoms. The highest BCUT2D eigenvalue weighted by atomic mass is 16.2. The Balaban J connectivity index is 2.41. The van der Waals surface area contributed by atoms with Crippen molar-refractivity contribution in [3.05, 3.63) is 29.8 Å². The Morgan fingerprint density at radius 2 is 2.14 bits per heavy atom. The summed E-state index contributed by atoms with van der Waals surface area (Å²) in [6, 6.07) is 8.02. The summed E-state index contributed by atoms with van der Waals surface area (Å²) >= 11 is 0. The van der Waals surface area contributed by atoms with Gasteiger partial charge in [-0.3, -0.25) is 4.79 Å². The van der Waals surface area contributed by atoms with Crippen LogP contribution >= 0.6 is 0 Å². The Hall–Kier alpha value is -1.31. The Labute approximate surface area is 84.3 Å². The molecule has 1 unspecified atom stereocenters. The Morgan fingerprint density at radius 1 is 1.43 bits per heavy atom. The number of rotatable bonds is 1. The van der Waals surface area contributed by atoms with Crippen LogP contribution in [-0.4, -0.2) is 5.91 Å². The van der Waals surface area contributed by atoms with Gasteiger partial charge in [0, 0.05) is 5.69 Å². The number of hydrogen-bond donors (Lipinski definition) is 1. The van der Waals surface area contributed by atoms with Crippen molar-refractivity contribution in [3.63, 3.8) is 0 Å². The zero-order chi connectivity index (χ0) is 10.2. The third-order valence-corrected chi connectivity index (χ3v) is 3.17. The summed E-state index contributed by atoms with van der Waals surface area (Å²) in [4.78, 5) is 11.8. The minimum absolute atomic E-state index is 0.152. The number of para-hydroxylation sites is 1. The molecule has 74 valence electrons. The molecule has 14 heavy (non-hydrogen) atoms. The van der Waals surface area contributed by atoms with E-state index in [0.717, 1.165) is 18.5 Å². The summed E-state index contributed by atoms with van der Waals surface area (Å²) in [6.45, 7) is 4.09. The van der Waals surface area contributed by atoms with E-state index in [0.29, 0.717) is 0 Å². The molecule has 1 atom stereocenters. The first-order valence-electron chi connectivity index (χ1n) is 5.05. The molecule has 0 fully saturated rings. The first-order chi connectivity index (χ1) is 6.65. The molecule has 1 heterocycles. The van der Waals surface area contributed by atoms with Crippen LogP contribution in [0.25, 0.3) is 0 Å². The van der Waals surface area contributed by atoms with Crippen molar-refractivity contribution in [2.45, 2.75) is 26.7 Å². The number of anilines is 1. The molecule has 0 saturated heterocycles. The molecule has 0 bridgehead atoms. The van der Waals surface area contributed by atoms with E-state index in [1.54, 1.807) is 0 Å². The predicted molar refractivity (Wildman–Crippen MR) is 57.2 cm³/mol. The van der Waals surface area contributed by atoms with Gasteiger partial charge < -0.3 is 5.32 Å². The van der Waals surface area contributed by atoms with Crippen LogP contribution in [0, 0.1) is 5.41 Å². The van der Waals surface area contributed by atoms with E-state index < -0.39 is 0 Å². The van der Waals surface area contributed by atoms with Gasteiger partial charge >= 0.3 is 0 Å². The highest BCUT2D eigenvalue weighted by molar-refractivity contribution is 5.98. The molecule has 2 nitrogen and oxygen atoms in total. The van der Waals surface area contributed by atoms with Gasteiger partial charge in [-0.15, -0.1) is 0 Å². The molecule has 1 aliphatic rings. The standard InChI is InChI=1S/C12H15NO/c1-3-12(2)8-9-6-4-5-7-10(9)13-11(12)14/h4-7H,3,8H2,1-2H3,(H,13,14). The third kappa shape index (κ3) is 1.31. The lowest BCUT2D eigenvalue weighted by Crippen LogP contribution is -2.38. The van der Waals surface area contributed by atoms with Gasteiger partial charge in [0.25, 0.3) is 0 Å². The number of carbonyl (C=O) groups is 1. The van der Waals surface area contributed by atoms with Crippen molar-refractivity contribution < 1.29 is 4.79 Å². The lowest BCUT2D eigenvalue weighted by atomic mass is 9.77. The molecule has 0 saturated carbocycles. The van der Waals surface area contributed by atoms with Crippen LogP contribution in [0.4, 0.5) is 5.69 Å². The van der Waals surface area contributed by atoms with Crippen molar-refractivity contribution in [1.82, 2.24) is 0 Å². The van der Waals surface area contributed by atoms with Crippen LogP contribution in [0.15, 0.2) is 24.3 Å². The highest BCUT2D eigenvalue weighted by Gasteiger charge is 2.35. The maximum Gasteiger partial charge on any atom is 0.230 e. The fourth-order valence-corrected chi connectivity index (χ4v) is 1.86. The minimum atomic E-state index is -0.228. The molecule has 0 aliphatic carbocycles. The first kappa shape index (κ1) is 9.25. The molecule has 1 aromatic carbocycles. The zero-order valence-electron chi connectivity index (χ0n) is 8.63. The lowest BCUT2D eigenvalue weighted by molar-refractivity contribution is -0.125. The second-order valence-corrected chi connectivity index (χ2v) is 4.20. The van der Waals surface area contributed by atoms with Crippen LogP contribution in [0.2, 0.25) is 0 Å². The van der Waals surface area contributed by atoms with E-state index >= 15 is 0 Å². The molecule has 1 aromatic rings. The smallest absolute Gasteiger partial charge is 0.230 e. The highest BCUT2D eigenvalue weighted by Crippen LogP contribution is 2.35. The SMILES string of the molecule is CCC1(C)Cc2ccccc2NC1=O. The molecule has 2 rings (SSSR count). The van der Waals surface area contributed by atoms with Crippen molar-refractivity contribution in [2.75, 3.05) is 5.32 Å². The lowest BCUT2D eigenvalue weighted by Gasteiger charge is -2.32. The number of amides is 1. The number of nitrogens with one attached hydrogen (secondary N) is 1. The van der Waals surface area contributed by atoms with Crippen LogP contribution in [0.1, 0.15) is 25.8 Å². The van der Waals surface area contributed by atoms with Crippen LogP contribution in [-0.2, 0) is 11.2 Å². The Kier molecular flexibility index (Phi) is 2.06. The molecule has 1 N–H and O–H groups in total. The maximum absolute atomic E-state index is 11.8. The summed E-state index contributed by atoms with van der Waals surface area (Å²) in [5, 5.41) is 2.96. The van der Waals surface area contributed by atoms with E-state index in [9.17, 15) is 4.79 Å². The van der Waals surface area contributed by atoms with Crippen molar-refractivity contribution in [1.29, 1.82) is 0 Å². The minimum Gasteiger partial charge on any atom is -0.325 e. The van der Waals surface area contributed by atoms with Gasteiger partial charge in [-0.2, -0.15) is 0 Å².